The van der Waals surface area contributed by atoms with Crippen LogP contribution in [0.5, 0.6) is 0 Å². The highest BCUT2D eigenvalue weighted by Gasteiger charge is 2.13. The molecule has 3 nitrogen and oxygen atoms in total. The second-order valence-corrected chi connectivity index (χ2v) is 4.38. The van der Waals surface area contributed by atoms with Gasteiger partial charge in [0.15, 0.2) is 5.82 Å². The van der Waals surface area contributed by atoms with Crippen molar-refractivity contribution >= 4 is 28.4 Å². The summed E-state index contributed by atoms with van der Waals surface area (Å²) in [5, 5.41) is 0.539. The number of aromatic nitrogens is 2. The first kappa shape index (κ1) is 11.0. The number of aromatic amines is 1. The molecule has 1 heterocycles. The van der Waals surface area contributed by atoms with Crippen LogP contribution in [-0.2, 0) is 0 Å². The second kappa shape index (κ2) is 4.27. The van der Waals surface area contributed by atoms with Gasteiger partial charge in [0.2, 0.25) is 5.78 Å². The Hall–Kier alpha value is -2.13. The molecule has 1 aromatic heterocycles. The molecule has 0 aliphatic carbocycles. The summed E-state index contributed by atoms with van der Waals surface area (Å²) in [6.45, 7) is 0. The van der Waals surface area contributed by atoms with Crippen molar-refractivity contribution < 1.29 is 4.79 Å². The average molecular weight is 257 g/mol. The molecule has 3 aromatic rings. The summed E-state index contributed by atoms with van der Waals surface area (Å²) in [5.74, 6) is 0.173. The Morgan fingerprint density at radius 1 is 1.11 bits per heavy atom. The molecule has 2 aromatic carbocycles. The van der Waals surface area contributed by atoms with Gasteiger partial charge in [0.05, 0.1) is 11.0 Å². The molecule has 0 spiro atoms. The summed E-state index contributed by atoms with van der Waals surface area (Å²) in [6.07, 6.45) is 0. The van der Waals surface area contributed by atoms with Crippen LogP contribution in [0.2, 0.25) is 5.02 Å². The van der Waals surface area contributed by atoms with E-state index < -0.39 is 0 Å². The molecule has 0 amide bonds. The van der Waals surface area contributed by atoms with Gasteiger partial charge < -0.3 is 4.98 Å². The van der Waals surface area contributed by atoms with Crippen molar-refractivity contribution in [2.24, 2.45) is 0 Å². The van der Waals surface area contributed by atoms with Gasteiger partial charge in [0.25, 0.3) is 0 Å². The summed E-state index contributed by atoms with van der Waals surface area (Å²) in [4.78, 5) is 19.5. The predicted molar refractivity (Wildman–Crippen MR) is 71.0 cm³/mol. The number of nitrogens with one attached hydrogen (secondary N) is 1. The van der Waals surface area contributed by atoms with Crippen molar-refractivity contribution in [1.29, 1.82) is 0 Å². The number of H-pyrrole nitrogens is 1. The predicted octanol–water partition coefficient (Wildman–Crippen LogP) is 3.45. The molecule has 0 fully saturated rings. The maximum Gasteiger partial charge on any atom is 0.228 e. The summed E-state index contributed by atoms with van der Waals surface area (Å²) in [7, 11) is 0. The number of hydrogen-bond donors (Lipinski definition) is 1. The molecule has 3 rings (SSSR count). The van der Waals surface area contributed by atoms with Crippen molar-refractivity contribution in [2.45, 2.75) is 0 Å². The van der Waals surface area contributed by atoms with E-state index in [1.807, 2.05) is 24.3 Å². The first-order chi connectivity index (χ1) is 8.74. The Balaban J connectivity index is 2.06. The molecule has 1 N–H and O–H groups in total. The van der Waals surface area contributed by atoms with E-state index >= 15 is 0 Å². The third-order valence-electron chi connectivity index (χ3n) is 2.69. The number of imidazole rings is 1. The number of ketones is 1. The van der Waals surface area contributed by atoms with Gasteiger partial charge in [0, 0.05) is 10.6 Å². The zero-order chi connectivity index (χ0) is 12.5. The van der Waals surface area contributed by atoms with Gasteiger partial charge in [-0.25, -0.2) is 4.98 Å². The van der Waals surface area contributed by atoms with E-state index in [2.05, 4.69) is 9.97 Å². The fourth-order valence-corrected chi connectivity index (χ4v) is 2.02. The van der Waals surface area contributed by atoms with Crippen LogP contribution in [0.15, 0.2) is 48.5 Å². The van der Waals surface area contributed by atoms with Gasteiger partial charge in [-0.05, 0) is 24.3 Å². The van der Waals surface area contributed by atoms with Gasteiger partial charge in [0.1, 0.15) is 0 Å². The molecule has 0 radical (unpaired) electrons. The van der Waals surface area contributed by atoms with E-state index in [0.29, 0.717) is 16.4 Å². The topological polar surface area (TPSA) is 45.8 Å². The fourth-order valence-electron chi connectivity index (χ4n) is 1.83. The SMILES string of the molecule is O=C(c1cccc(Cl)c1)c1nc2ccccc2[nH]1. The van der Waals surface area contributed by atoms with Gasteiger partial charge >= 0.3 is 0 Å². The third-order valence-corrected chi connectivity index (χ3v) is 2.93. The summed E-state index contributed by atoms with van der Waals surface area (Å²) in [6, 6.07) is 14.4. The molecule has 0 atom stereocenters. The Morgan fingerprint density at radius 2 is 1.94 bits per heavy atom. The Labute approximate surface area is 108 Å². The van der Waals surface area contributed by atoms with Crippen LogP contribution >= 0.6 is 11.6 Å². The standard InChI is InChI=1S/C14H9ClN2O/c15-10-5-3-4-9(8-10)13(18)14-16-11-6-1-2-7-12(11)17-14/h1-8H,(H,16,17). The maximum absolute atomic E-state index is 12.2. The molecule has 0 bridgehead atoms. The number of benzene rings is 2. The van der Waals surface area contributed by atoms with Crippen LogP contribution in [0.25, 0.3) is 11.0 Å². The number of carbonyl (C=O) groups is 1. The third kappa shape index (κ3) is 1.89. The first-order valence-corrected chi connectivity index (χ1v) is 5.87. The van der Waals surface area contributed by atoms with Crippen LogP contribution in [-0.4, -0.2) is 15.8 Å². The molecule has 18 heavy (non-hydrogen) atoms. The van der Waals surface area contributed by atoms with E-state index in [9.17, 15) is 4.79 Å². The van der Waals surface area contributed by atoms with Crippen molar-refractivity contribution in [3.05, 3.63) is 64.9 Å². The minimum atomic E-state index is -0.159. The van der Waals surface area contributed by atoms with Gasteiger partial charge in [-0.15, -0.1) is 0 Å². The summed E-state index contributed by atoms with van der Waals surface area (Å²) < 4.78 is 0. The quantitative estimate of drug-likeness (QED) is 0.714. The van der Waals surface area contributed by atoms with Crippen molar-refractivity contribution in [3.63, 3.8) is 0 Å². The van der Waals surface area contributed by atoms with E-state index in [1.54, 1.807) is 24.3 Å². The van der Waals surface area contributed by atoms with Crippen LogP contribution in [0.1, 0.15) is 16.2 Å². The molecule has 4 heteroatoms. The first-order valence-electron chi connectivity index (χ1n) is 5.49. The monoisotopic (exact) mass is 256 g/mol. The van der Waals surface area contributed by atoms with E-state index in [4.69, 9.17) is 11.6 Å². The number of fused-ring (bicyclic) bond motifs is 1. The van der Waals surface area contributed by atoms with Gasteiger partial charge in [-0.3, -0.25) is 4.79 Å². The van der Waals surface area contributed by atoms with Crippen LogP contribution < -0.4 is 0 Å². The van der Waals surface area contributed by atoms with Crippen molar-refractivity contribution in [3.8, 4) is 0 Å². The lowest BCUT2D eigenvalue weighted by molar-refractivity contribution is 0.103. The number of para-hydroxylation sites is 2. The number of halogens is 1. The van der Waals surface area contributed by atoms with Crippen LogP contribution in [0, 0.1) is 0 Å². The van der Waals surface area contributed by atoms with Crippen LogP contribution in [0.3, 0.4) is 0 Å². The minimum absolute atomic E-state index is 0.159. The van der Waals surface area contributed by atoms with E-state index in [-0.39, 0.29) is 5.78 Å². The molecule has 0 aliphatic rings. The smallest absolute Gasteiger partial charge is 0.228 e. The second-order valence-electron chi connectivity index (χ2n) is 3.94. The maximum atomic E-state index is 12.2. The highest BCUT2D eigenvalue weighted by Crippen LogP contribution is 2.16. The number of carbonyl (C=O) groups excluding carboxylic acids is 1. The summed E-state index contributed by atoms with van der Waals surface area (Å²) in [5.41, 5.74) is 2.16. The Kier molecular flexibility index (Phi) is 2.61. The zero-order valence-electron chi connectivity index (χ0n) is 9.35. The normalized spacial score (nSPS) is 10.7. The highest BCUT2D eigenvalue weighted by atomic mass is 35.5. The molecule has 0 saturated carbocycles. The van der Waals surface area contributed by atoms with Crippen LogP contribution in [0.4, 0.5) is 0 Å². The van der Waals surface area contributed by atoms with Crippen molar-refractivity contribution in [1.82, 2.24) is 9.97 Å². The number of hydrogen-bond acceptors (Lipinski definition) is 2. The lowest BCUT2D eigenvalue weighted by atomic mass is 10.1. The molecular weight excluding hydrogens is 248 g/mol. The van der Waals surface area contributed by atoms with Gasteiger partial charge in [-0.2, -0.15) is 0 Å². The lowest BCUT2D eigenvalue weighted by Crippen LogP contribution is -2.03. The minimum Gasteiger partial charge on any atom is -0.335 e. The van der Waals surface area contributed by atoms with E-state index in [1.165, 1.54) is 0 Å². The fraction of sp³-hybridized carbons (Fsp3) is 0. The molecule has 88 valence electrons. The largest absolute Gasteiger partial charge is 0.335 e. The number of nitrogens with zero attached hydrogens (tertiary/aromatic N) is 1. The van der Waals surface area contributed by atoms with Gasteiger partial charge in [-0.1, -0.05) is 35.9 Å². The molecular formula is C14H9ClN2O. The molecule has 0 saturated heterocycles. The average Bonchev–Trinajstić information content (AvgIpc) is 2.81. The van der Waals surface area contributed by atoms with Crippen molar-refractivity contribution in [2.75, 3.05) is 0 Å². The van der Waals surface area contributed by atoms with E-state index in [0.717, 1.165) is 11.0 Å². The Bertz CT molecular complexity index is 700. The highest BCUT2D eigenvalue weighted by molar-refractivity contribution is 6.31. The Morgan fingerprint density at radius 3 is 2.72 bits per heavy atom. The molecule has 0 aliphatic heterocycles. The summed E-state index contributed by atoms with van der Waals surface area (Å²) >= 11 is 5.87. The zero-order valence-corrected chi connectivity index (χ0v) is 10.1. The number of rotatable bonds is 2. The lowest BCUT2D eigenvalue weighted by Gasteiger charge is -1.97. The molecule has 0 unspecified atom stereocenters.